The Hall–Kier alpha value is -1.45. The molecule has 0 fully saturated rings. The Balaban J connectivity index is 2.30. The molecule has 0 aliphatic rings. The highest BCUT2D eigenvalue weighted by molar-refractivity contribution is 6.30. The quantitative estimate of drug-likeness (QED) is 0.835. The summed E-state index contributed by atoms with van der Waals surface area (Å²) in [5, 5.41) is 3.37. The molecule has 21 heavy (non-hydrogen) atoms. The molecule has 0 aliphatic heterocycles. The minimum Gasteiger partial charge on any atom is -0.310 e. The maximum Gasteiger partial charge on any atom is 0.145 e. The monoisotopic (exact) mass is 309 g/mol. The highest BCUT2D eigenvalue weighted by Gasteiger charge is 2.16. The van der Waals surface area contributed by atoms with Gasteiger partial charge in [-0.05, 0) is 48.7 Å². The maximum atomic E-state index is 14.0. The molecule has 0 saturated carbocycles. The van der Waals surface area contributed by atoms with E-state index in [2.05, 4.69) is 5.32 Å². The SMILES string of the molecule is CCNC(Cc1cccc(Cl)c1F)c1ccc(C)c(F)c1. The van der Waals surface area contributed by atoms with Crippen molar-refractivity contribution in [1.29, 1.82) is 0 Å². The first-order valence-electron chi connectivity index (χ1n) is 6.95. The molecule has 0 spiro atoms. The fourth-order valence-electron chi connectivity index (χ4n) is 2.31. The molecule has 0 saturated heterocycles. The van der Waals surface area contributed by atoms with Crippen molar-refractivity contribution in [1.82, 2.24) is 5.32 Å². The van der Waals surface area contributed by atoms with Crippen molar-refractivity contribution < 1.29 is 8.78 Å². The predicted octanol–water partition coefficient (Wildman–Crippen LogP) is 4.82. The molecule has 1 atom stereocenters. The molecule has 0 radical (unpaired) electrons. The van der Waals surface area contributed by atoms with Gasteiger partial charge in [0, 0.05) is 6.04 Å². The van der Waals surface area contributed by atoms with Crippen molar-refractivity contribution in [2.24, 2.45) is 0 Å². The van der Waals surface area contributed by atoms with E-state index in [0.29, 0.717) is 24.1 Å². The van der Waals surface area contributed by atoms with Crippen LogP contribution in [0.2, 0.25) is 5.02 Å². The van der Waals surface area contributed by atoms with Crippen LogP contribution in [-0.2, 0) is 6.42 Å². The van der Waals surface area contributed by atoms with Crippen LogP contribution in [0.5, 0.6) is 0 Å². The number of rotatable bonds is 5. The van der Waals surface area contributed by atoms with Crippen LogP contribution in [0.3, 0.4) is 0 Å². The summed E-state index contributed by atoms with van der Waals surface area (Å²) in [4.78, 5) is 0. The number of hydrogen-bond donors (Lipinski definition) is 1. The van der Waals surface area contributed by atoms with Crippen LogP contribution in [0, 0.1) is 18.6 Å². The van der Waals surface area contributed by atoms with Gasteiger partial charge in [0.25, 0.3) is 0 Å². The second kappa shape index (κ2) is 7.01. The lowest BCUT2D eigenvalue weighted by atomic mass is 9.97. The van der Waals surface area contributed by atoms with Gasteiger partial charge in [-0.2, -0.15) is 0 Å². The van der Waals surface area contributed by atoms with Gasteiger partial charge in [-0.3, -0.25) is 0 Å². The predicted molar refractivity (Wildman–Crippen MR) is 82.7 cm³/mol. The highest BCUT2D eigenvalue weighted by Crippen LogP contribution is 2.25. The fraction of sp³-hybridized carbons (Fsp3) is 0.294. The Morgan fingerprint density at radius 1 is 1.19 bits per heavy atom. The third-order valence-corrected chi connectivity index (χ3v) is 3.80. The molecule has 0 heterocycles. The molecule has 1 nitrogen and oxygen atoms in total. The van der Waals surface area contributed by atoms with Gasteiger partial charge >= 0.3 is 0 Å². The van der Waals surface area contributed by atoms with E-state index < -0.39 is 5.82 Å². The third-order valence-electron chi connectivity index (χ3n) is 3.50. The second-order valence-electron chi connectivity index (χ2n) is 5.04. The lowest BCUT2D eigenvalue weighted by Gasteiger charge is -2.19. The number of aryl methyl sites for hydroxylation is 1. The minimum absolute atomic E-state index is 0.109. The van der Waals surface area contributed by atoms with Crippen molar-refractivity contribution in [2.45, 2.75) is 26.3 Å². The molecule has 0 aromatic heterocycles. The number of nitrogens with one attached hydrogen (secondary N) is 1. The molecule has 2 rings (SSSR count). The van der Waals surface area contributed by atoms with Crippen LogP contribution in [0.1, 0.15) is 29.7 Å². The minimum atomic E-state index is -0.408. The van der Waals surface area contributed by atoms with E-state index in [4.69, 9.17) is 11.6 Å². The van der Waals surface area contributed by atoms with Crippen molar-refractivity contribution in [3.05, 3.63) is 69.7 Å². The third kappa shape index (κ3) is 3.80. The summed E-state index contributed by atoms with van der Waals surface area (Å²) in [5.41, 5.74) is 1.93. The standard InChI is InChI=1S/C17H18ClF2N/c1-3-21-16(12-8-7-11(2)15(19)9-12)10-13-5-4-6-14(18)17(13)20/h4-9,16,21H,3,10H2,1-2H3. The molecule has 2 aromatic carbocycles. The summed E-state index contributed by atoms with van der Waals surface area (Å²) >= 11 is 5.81. The molecule has 1 N–H and O–H groups in total. The Labute approximate surface area is 128 Å². The van der Waals surface area contributed by atoms with Crippen molar-refractivity contribution >= 4 is 11.6 Å². The normalized spacial score (nSPS) is 12.4. The van der Waals surface area contributed by atoms with Crippen LogP contribution >= 0.6 is 11.6 Å². The smallest absolute Gasteiger partial charge is 0.145 e. The van der Waals surface area contributed by atoms with E-state index >= 15 is 0 Å². The Morgan fingerprint density at radius 3 is 2.62 bits per heavy atom. The molecular weight excluding hydrogens is 292 g/mol. The zero-order chi connectivity index (χ0) is 15.4. The van der Waals surface area contributed by atoms with Crippen LogP contribution in [0.4, 0.5) is 8.78 Å². The van der Waals surface area contributed by atoms with Crippen LogP contribution in [0.15, 0.2) is 36.4 Å². The molecule has 0 aliphatic carbocycles. The molecule has 112 valence electrons. The maximum absolute atomic E-state index is 14.0. The Bertz CT molecular complexity index is 628. The van der Waals surface area contributed by atoms with Gasteiger partial charge in [0.05, 0.1) is 5.02 Å². The van der Waals surface area contributed by atoms with E-state index in [1.807, 2.05) is 13.0 Å². The molecule has 2 aromatic rings. The number of hydrogen-bond acceptors (Lipinski definition) is 1. The van der Waals surface area contributed by atoms with Crippen molar-refractivity contribution in [2.75, 3.05) is 6.54 Å². The van der Waals surface area contributed by atoms with E-state index in [1.54, 1.807) is 25.1 Å². The van der Waals surface area contributed by atoms with Gasteiger partial charge in [-0.25, -0.2) is 8.78 Å². The van der Waals surface area contributed by atoms with E-state index in [0.717, 1.165) is 5.56 Å². The van der Waals surface area contributed by atoms with Gasteiger partial charge < -0.3 is 5.32 Å². The molecule has 0 amide bonds. The van der Waals surface area contributed by atoms with Gasteiger partial charge in [-0.1, -0.05) is 42.8 Å². The average molecular weight is 310 g/mol. The molecule has 0 bridgehead atoms. The first-order chi connectivity index (χ1) is 10.0. The lowest BCUT2D eigenvalue weighted by molar-refractivity contribution is 0.523. The lowest BCUT2D eigenvalue weighted by Crippen LogP contribution is -2.23. The van der Waals surface area contributed by atoms with Gasteiger partial charge in [0.2, 0.25) is 0 Å². The first-order valence-corrected chi connectivity index (χ1v) is 7.33. The van der Waals surface area contributed by atoms with Crippen LogP contribution in [-0.4, -0.2) is 6.54 Å². The van der Waals surface area contributed by atoms with E-state index in [1.165, 1.54) is 12.1 Å². The summed E-state index contributed by atoms with van der Waals surface area (Å²) in [6.45, 7) is 4.40. The Kier molecular flexibility index (Phi) is 5.32. The van der Waals surface area contributed by atoms with E-state index in [-0.39, 0.29) is 16.9 Å². The highest BCUT2D eigenvalue weighted by atomic mass is 35.5. The summed E-state index contributed by atoms with van der Waals surface area (Å²) in [7, 11) is 0. The van der Waals surface area contributed by atoms with Gasteiger partial charge in [0.1, 0.15) is 11.6 Å². The topological polar surface area (TPSA) is 12.0 Å². The average Bonchev–Trinajstić information content (AvgIpc) is 2.46. The first kappa shape index (κ1) is 15.9. The Morgan fingerprint density at radius 2 is 1.95 bits per heavy atom. The largest absolute Gasteiger partial charge is 0.310 e. The fourth-order valence-corrected chi connectivity index (χ4v) is 2.50. The number of halogens is 3. The van der Waals surface area contributed by atoms with E-state index in [9.17, 15) is 8.78 Å². The zero-order valence-corrected chi connectivity index (χ0v) is 12.8. The van der Waals surface area contributed by atoms with Crippen molar-refractivity contribution in [3.8, 4) is 0 Å². The van der Waals surface area contributed by atoms with Gasteiger partial charge in [0.15, 0.2) is 0 Å². The number of likely N-dealkylation sites (N-methyl/N-ethyl adjacent to an activating group) is 1. The van der Waals surface area contributed by atoms with Crippen molar-refractivity contribution in [3.63, 3.8) is 0 Å². The van der Waals surface area contributed by atoms with Gasteiger partial charge in [-0.15, -0.1) is 0 Å². The summed E-state index contributed by atoms with van der Waals surface area (Å²) < 4.78 is 27.8. The molecular formula is C17H18ClF2N. The number of benzene rings is 2. The molecule has 1 unspecified atom stereocenters. The van der Waals surface area contributed by atoms with Crippen LogP contribution < -0.4 is 5.32 Å². The zero-order valence-electron chi connectivity index (χ0n) is 12.1. The summed E-state index contributed by atoms with van der Waals surface area (Å²) in [6, 6.07) is 9.91. The second-order valence-corrected chi connectivity index (χ2v) is 5.44. The summed E-state index contributed by atoms with van der Waals surface area (Å²) in [5.74, 6) is -0.656. The summed E-state index contributed by atoms with van der Waals surface area (Å²) in [6.07, 6.45) is 0.419. The van der Waals surface area contributed by atoms with Crippen LogP contribution in [0.25, 0.3) is 0 Å². The molecule has 4 heteroatoms.